The Morgan fingerprint density at radius 3 is 2.86 bits per heavy atom. The first-order valence-corrected chi connectivity index (χ1v) is 9.56. The van der Waals surface area contributed by atoms with Gasteiger partial charge in [-0.2, -0.15) is 0 Å². The number of carbonyl (C=O) groups excluding carboxylic acids is 2. The molecule has 0 atom stereocenters. The van der Waals surface area contributed by atoms with E-state index in [0.717, 1.165) is 23.9 Å². The van der Waals surface area contributed by atoms with E-state index in [-0.39, 0.29) is 36.3 Å². The number of carbonyl (C=O) groups is 2. The fourth-order valence-electron chi connectivity index (χ4n) is 2.79. The van der Waals surface area contributed by atoms with E-state index in [0.29, 0.717) is 16.4 Å². The number of nitrogens with zero attached hydrogens (tertiary/aromatic N) is 4. The van der Waals surface area contributed by atoms with Gasteiger partial charge in [0.15, 0.2) is 17.5 Å². The molecule has 0 spiro atoms. The van der Waals surface area contributed by atoms with Gasteiger partial charge in [0.2, 0.25) is 17.8 Å². The molecular weight excluding hydrogens is 402 g/mol. The van der Waals surface area contributed by atoms with Crippen LogP contribution in [0.2, 0.25) is 0 Å². The van der Waals surface area contributed by atoms with E-state index >= 15 is 0 Å². The van der Waals surface area contributed by atoms with Crippen LogP contribution in [0.3, 0.4) is 0 Å². The van der Waals surface area contributed by atoms with E-state index in [1.807, 2.05) is 0 Å². The Bertz CT molecular complexity index is 1080. The van der Waals surface area contributed by atoms with Crippen LogP contribution in [0.15, 0.2) is 41.4 Å². The first-order valence-electron chi connectivity index (χ1n) is 8.57. The average molecular weight is 416 g/mol. The topological polar surface area (TPSA) is 104 Å². The van der Waals surface area contributed by atoms with Crippen molar-refractivity contribution in [1.29, 1.82) is 0 Å². The smallest absolute Gasteiger partial charge is 0.237 e. The van der Waals surface area contributed by atoms with Crippen LogP contribution in [0.5, 0.6) is 0 Å². The summed E-state index contributed by atoms with van der Waals surface area (Å²) in [6, 6.07) is 7.33. The van der Waals surface area contributed by atoms with E-state index in [1.165, 1.54) is 4.90 Å². The van der Waals surface area contributed by atoms with Gasteiger partial charge in [-0.25, -0.2) is 8.78 Å². The molecule has 11 heteroatoms. The molecule has 2 aromatic heterocycles. The molecule has 3 aromatic rings. The van der Waals surface area contributed by atoms with Crippen molar-refractivity contribution in [1.82, 2.24) is 20.2 Å². The molecule has 0 unspecified atom stereocenters. The molecule has 0 saturated carbocycles. The number of thioether (sulfide) groups is 1. The van der Waals surface area contributed by atoms with Crippen LogP contribution in [-0.2, 0) is 9.59 Å². The molecule has 1 aromatic carbocycles. The minimum absolute atomic E-state index is 0.0184. The zero-order valence-electron chi connectivity index (χ0n) is 14.9. The van der Waals surface area contributed by atoms with Crippen LogP contribution in [0, 0.1) is 11.6 Å². The Hall–Kier alpha value is -3.34. The zero-order chi connectivity index (χ0) is 20.4. The van der Waals surface area contributed by atoms with E-state index in [1.54, 1.807) is 24.4 Å². The normalized spacial score (nSPS) is 13.3. The molecule has 8 nitrogen and oxygen atoms in total. The van der Waals surface area contributed by atoms with Crippen molar-refractivity contribution in [3.8, 4) is 11.5 Å². The number of hydrogen-bond donors (Lipinski definition) is 2. The Balaban J connectivity index is 1.41. The quantitative estimate of drug-likeness (QED) is 0.663. The Morgan fingerprint density at radius 2 is 2.07 bits per heavy atom. The Morgan fingerprint density at radius 1 is 1.24 bits per heavy atom. The van der Waals surface area contributed by atoms with Gasteiger partial charge in [0.1, 0.15) is 5.69 Å². The molecular formula is C18H14F2N6O2S. The van der Waals surface area contributed by atoms with Gasteiger partial charge >= 0.3 is 0 Å². The van der Waals surface area contributed by atoms with Crippen molar-refractivity contribution in [2.24, 2.45) is 0 Å². The number of rotatable bonds is 5. The molecule has 2 N–H and O–H groups in total. The van der Waals surface area contributed by atoms with Gasteiger partial charge in [-0.05, 0) is 18.2 Å². The highest BCUT2D eigenvalue weighted by Gasteiger charge is 2.27. The number of hydrogen-bond acceptors (Lipinski definition) is 6. The van der Waals surface area contributed by atoms with Crippen molar-refractivity contribution in [3.63, 3.8) is 0 Å². The van der Waals surface area contributed by atoms with Crippen molar-refractivity contribution in [2.75, 3.05) is 22.5 Å². The van der Waals surface area contributed by atoms with E-state index in [2.05, 4.69) is 25.5 Å². The average Bonchev–Trinajstić information content (AvgIpc) is 3.18. The fraction of sp³-hybridized carbons (Fsp3) is 0.167. The molecule has 29 heavy (non-hydrogen) atoms. The maximum Gasteiger partial charge on any atom is 0.237 e. The molecule has 0 fully saturated rings. The first kappa shape index (κ1) is 19.0. The standard InChI is InChI=1S/C18H14F2N6O2S/c19-10-7-13-14(8-11(10)20)29-9-16(28)26(13)6-4-15(27)22-18-23-17(24-25-18)12-3-1-2-5-21-12/h1-3,5,7-8H,4,6,9H2,(H2,22,23,24,25,27). The monoisotopic (exact) mass is 416 g/mol. The lowest BCUT2D eigenvalue weighted by Crippen LogP contribution is -2.37. The minimum atomic E-state index is -1.04. The van der Waals surface area contributed by atoms with Gasteiger partial charge in [-0.1, -0.05) is 6.07 Å². The number of nitrogens with one attached hydrogen (secondary N) is 2. The molecule has 0 aliphatic carbocycles. The van der Waals surface area contributed by atoms with Crippen LogP contribution < -0.4 is 10.2 Å². The summed E-state index contributed by atoms with van der Waals surface area (Å²) in [5.41, 5.74) is 0.831. The van der Waals surface area contributed by atoms with Crippen LogP contribution in [0.4, 0.5) is 20.4 Å². The van der Waals surface area contributed by atoms with Gasteiger partial charge in [0, 0.05) is 30.1 Å². The highest BCUT2D eigenvalue weighted by atomic mass is 32.2. The summed E-state index contributed by atoms with van der Waals surface area (Å²) in [5, 5.41) is 10.3. The fourth-order valence-corrected chi connectivity index (χ4v) is 3.72. The number of fused-ring (bicyclic) bond motifs is 1. The summed E-state index contributed by atoms with van der Waals surface area (Å²) in [6.07, 6.45) is 1.55. The first-order chi connectivity index (χ1) is 14.0. The lowest BCUT2D eigenvalue weighted by atomic mass is 10.2. The summed E-state index contributed by atoms with van der Waals surface area (Å²) in [5.74, 6) is -2.08. The predicted molar refractivity (Wildman–Crippen MR) is 102 cm³/mol. The van der Waals surface area contributed by atoms with E-state index in [4.69, 9.17) is 0 Å². The van der Waals surface area contributed by atoms with E-state index in [9.17, 15) is 18.4 Å². The molecule has 3 heterocycles. The third-order valence-corrected chi connectivity index (χ3v) is 5.19. The maximum atomic E-state index is 13.6. The van der Waals surface area contributed by atoms with E-state index < -0.39 is 17.5 Å². The van der Waals surface area contributed by atoms with Gasteiger partial charge in [-0.3, -0.25) is 19.9 Å². The number of anilines is 2. The Labute approximate surface area is 167 Å². The Kier molecular flexibility index (Phi) is 5.21. The SMILES string of the molecule is O=C(CCN1C(=O)CSc2cc(F)c(F)cc21)Nc1nnc(-c2ccccn2)[nH]1. The number of amides is 2. The molecule has 0 saturated heterocycles. The number of pyridine rings is 1. The highest BCUT2D eigenvalue weighted by Crippen LogP contribution is 2.36. The van der Waals surface area contributed by atoms with Crippen LogP contribution >= 0.6 is 11.8 Å². The van der Waals surface area contributed by atoms with Gasteiger partial charge in [-0.15, -0.1) is 22.0 Å². The van der Waals surface area contributed by atoms with Gasteiger partial charge in [0.05, 0.1) is 11.4 Å². The second-order valence-electron chi connectivity index (χ2n) is 6.10. The summed E-state index contributed by atoms with van der Waals surface area (Å²) in [4.78, 5) is 33.2. The molecule has 4 rings (SSSR count). The molecule has 2 amide bonds. The second-order valence-corrected chi connectivity index (χ2v) is 7.12. The largest absolute Gasteiger partial charge is 0.310 e. The van der Waals surface area contributed by atoms with Crippen molar-refractivity contribution >= 4 is 35.2 Å². The van der Waals surface area contributed by atoms with Crippen LogP contribution in [-0.4, -0.2) is 44.3 Å². The lowest BCUT2D eigenvalue weighted by molar-refractivity contribution is -0.117. The third-order valence-electron chi connectivity index (χ3n) is 4.16. The summed E-state index contributed by atoms with van der Waals surface area (Å²) >= 11 is 1.13. The molecule has 1 aliphatic rings. The summed E-state index contributed by atoms with van der Waals surface area (Å²) < 4.78 is 27.0. The summed E-state index contributed by atoms with van der Waals surface area (Å²) in [7, 11) is 0. The third kappa shape index (κ3) is 4.09. The zero-order valence-corrected chi connectivity index (χ0v) is 15.7. The maximum absolute atomic E-state index is 13.6. The highest BCUT2D eigenvalue weighted by molar-refractivity contribution is 8.00. The van der Waals surface area contributed by atoms with Gasteiger partial charge in [0.25, 0.3) is 0 Å². The summed E-state index contributed by atoms with van der Waals surface area (Å²) in [6.45, 7) is 0.0184. The number of aromatic nitrogens is 4. The van der Waals surface area contributed by atoms with Crippen molar-refractivity contribution in [2.45, 2.75) is 11.3 Å². The van der Waals surface area contributed by atoms with Crippen LogP contribution in [0.1, 0.15) is 6.42 Å². The van der Waals surface area contributed by atoms with Crippen molar-refractivity contribution < 1.29 is 18.4 Å². The van der Waals surface area contributed by atoms with Crippen LogP contribution in [0.25, 0.3) is 11.5 Å². The molecule has 0 radical (unpaired) electrons. The number of benzene rings is 1. The van der Waals surface area contributed by atoms with Gasteiger partial charge < -0.3 is 9.88 Å². The molecule has 1 aliphatic heterocycles. The number of halogens is 2. The molecule has 0 bridgehead atoms. The predicted octanol–water partition coefficient (Wildman–Crippen LogP) is 2.61. The minimum Gasteiger partial charge on any atom is -0.310 e. The number of aromatic amines is 1. The second kappa shape index (κ2) is 7.95. The van der Waals surface area contributed by atoms with Crippen molar-refractivity contribution in [3.05, 3.63) is 48.2 Å². The molecule has 148 valence electrons. The number of H-pyrrole nitrogens is 1. The lowest BCUT2D eigenvalue weighted by Gasteiger charge is -2.28.